The quantitative estimate of drug-likeness (QED) is 0.842. The van der Waals surface area contributed by atoms with Crippen molar-refractivity contribution in [3.63, 3.8) is 0 Å². The second kappa shape index (κ2) is 7.86. The predicted molar refractivity (Wildman–Crippen MR) is 103 cm³/mol. The van der Waals surface area contributed by atoms with E-state index >= 15 is 0 Å². The molecule has 0 radical (unpaired) electrons. The molecule has 1 aromatic rings. The highest BCUT2D eigenvalue weighted by Crippen LogP contribution is 2.45. The molecule has 3 fully saturated rings. The number of anilines is 1. The van der Waals surface area contributed by atoms with Gasteiger partial charge in [-0.1, -0.05) is 18.2 Å². The molecule has 1 saturated carbocycles. The first kappa shape index (κ1) is 18.3. The first-order chi connectivity index (χ1) is 13.2. The zero-order valence-electron chi connectivity index (χ0n) is 15.7. The number of nitrogens with zero attached hydrogens (tertiary/aromatic N) is 3. The number of rotatable bonds is 5. The summed E-state index contributed by atoms with van der Waals surface area (Å²) in [6.45, 7) is 6.51. The van der Waals surface area contributed by atoms with E-state index in [0.29, 0.717) is 19.6 Å². The molecule has 27 heavy (non-hydrogen) atoms. The van der Waals surface area contributed by atoms with Crippen molar-refractivity contribution in [2.24, 2.45) is 5.41 Å². The van der Waals surface area contributed by atoms with Crippen LogP contribution in [-0.4, -0.2) is 80.8 Å². The van der Waals surface area contributed by atoms with Gasteiger partial charge in [-0.3, -0.25) is 9.69 Å². The SMILES string of the molecule is O=C(NCC1(CN2CCOCC2)CC1)N1CCN(c2ccccc2)C(=O)C1. The highest BCUT2D eigenvalue weighted by Gasteiger charge is 2.44. The Bertz CT molecular complexity index is 671. The molecule has 0 spiro atoms. The maximum Gasteiger partial charge on any atom is 0.317 e. The van der Waals surface area contributed by atoms with Crippen molar-refractivity contribution < 1.29 is 14.3 Å². The Kier molecular flexibility index (Phi) is 5.31. The predicted octanol–water partition coefficient (Wildman–Crippen LogP) is 1.16. The van der Waals surface area contributed by atoms with Gasteiger partial charge in [0, 0.05) is 50.4 Å². The van der Waals surface area contributed by atoms with Gasteiger partial charge in [-0.05, 0) is 25.0 Å². The summed E-state index contributed by atoms with van der Waals surface area (Å²) in [5, 5.41) is 3.08. The molecule has 2 heterocycles. The Balaban J connectivity index is 1.25. The number of hydrogen-bond donors (Lipinski definition) is 1. The number of benzene rings is 1. The van der Waals surface area contributed by atoms with E-state index in [1.807, 2.05) is 30.3 Å². The minimum absolute atomic E-state index is 0.0305. The summed E-state index contributed by atoms with van der Waals surface area (Å²) in [4.78, 5) is 30.9. The van der Waals surface area contributed by atoms with E-state index in [4.69, 9.17) is 4.74 Å². The third kappa shape index (κ3) is 4.42. The topological polar surface area (TPSA) is 65.1 Å². The molecule has 3 aliphatic rings. The van der Waals surface area contributed by atoms with E-state index in [-0.39, 0.29) is 23.9 Å². The van der Waals surface area contributed by atoms with Gasteiger partial charge in [0.25, 0.3) is 0 Å². The van der Waals surface area contributed by atoms with Gasteiger partial charge in [0.15, 0.2) is 0 Å². The molecule has 4 rings (SSSR count). The largest absolute Gasteiger partial charge is 0.379 e. The van der Waals surface area contributed by atoms with E-state index in [1.54, 1.807) is 9.80 Å². The smallest absolute Gasteiger partial charge is 0.317 e. The van der Waals surface area contributed by atoms with Gasteiger partial charge in [0.2, 0.25) is 5.91 Å². The van der Waals surface area contributed by atoms with Crippen LogP contribution in [-0.2, 0) is 9.53 Å². The lowest BCUT2D eigenvalue weighted by molar-refractivity contribution is -0.120. The third-order valence-corrected chi connectivity index (χ3v) is 5.81. The Morgan fingerprint density at radius 2 is 1.81 bits per heavy atom. The summed E-state index contributed by atoms with van der Waals surface area (Å²) in [7, 11) is 0. The number of amides is 3. The van der Waals surface area contributed by atoms with E-state index in [9.17, 15) is 9.59 Å². The van der Waals surface area contributed by atoms with Crippen molar-refractivity contribution in [2.75, 3.05) is 63.9 Å². The number of urea groups is 1. The van der Waals surface area contributed by atoms with Gasteiger partial charge in [-0.25, -0.2) is 4.79 Å². The van der Waals surface area contributed by atoms with Crippen LogP contribution < -0.4 is 10.2 Å². The maximum atomic E-state index is 12.6. The fourth-order valence-corrected chi connectivity index (χ4v) is 3.90. The monoisotopic (exact) mass is 372 g/mol. The number of ether oxygens (including phenoxy) is 1. The molecule has 2 saturated heterocycles. The molecule has 0 atom stereocenters. The molecule has 1 aliphatic carbocycles. The van der Waals surface area contributed by atoms with E-state index in [0.717, 1.165) is 51.4 Å². The summed E-state index contributed by atoms with van der Waals surface area (Å²) < 4.78 is 5.41. The van der Waals surface area contributed by atoms with Crippen molar-refractivity contribution in [1.82, 2.24) is 15.1 Å². The summed E-state index contributed by atoms with van der Waals surface area (Å²) in [5.74, 6) is -0.0305. The average molecular weight is 372 g/mol. The fraction of sp³-hybridized carbons (Fsp3) is 0.600. The first-order valence-corrected chi connectivity index (χ1v) is 9.84. The van der Waals surface area contributed by atoms with Crippen LogP contribution in [0.1, 0.15) is 12.8 Å². The van der Waals surface area contributed by atoms with E-state index < -0.39 is 0 Å². The maximum absolute atomic E-state index is 12.6. The molecular formula is C20H28N4O3. The molecule has 0 aromatic heterocycles. The van der Waals surface area contributed by atoms with Crippen LogP contribution in [0.5, 0.6) is 0 Å². The third-order valence-electron chi connectivity index (χ3n) is 5.81. The first-order valence-electron chi connectivity index (χ1n) is 9.84. The van der Waals surface area contributed by atoms with Gasteiger partial charge in [-0.2, -0.15) is 0 Å². The summed E-state index contributed by atoms with van der Waals surface area (Å²) in [6.07, 6.45) is 2.32. The lowest BCUT2D eigenvalue weighted by atomic mass is 10.1. The van der Waals surface area contributed by atoms with Crippen LogP contribution in [0.4, 0.5) is 10.5 Å². The lowest BCUT2D eigenvalue weighted by Gasteiger charge is -2.35. The Hall–Kier alpha value is -2.12. The Morgan fingerprint density at radius 3 is 2.48 bits per heavy atom. The summed E-state index contributed by atoms with van der Waals surface area (Å²) in [6, 6.07) is 9.51. The number of piperazine rings is 1. The molecular weight excluding hydrogens is 344 g/mol. The lowest BCUT2D eigenvalue weighted by Crippen LogP contribution is -2.55. The highest BCUT2D eigenvalue weighted by molar-refractivity contribution is 5.97. The van der Waals surface area contributed by atoms with Crippen molar-refractivity contribution >= 4 is 17.6 Å². The minimum atomic E-state index is -0.121. The Labute approximate surface area is 160 Å². The highest BCUT2D eigenvalue weighted by atomic mass is 16.5. The number of carbonyl (C=O) groups is 2. The minimum Gasteiger partial charge on any atom is -0.379 e. The van der Waals surface area contributed by atoms with Crippen molar-refractivity contribution in [3.8, 4) is 0 Å². The number of carbonyl (C=O) groups excluding carboxylic acids is 2. The molecule has 146 valence electrons. The number of morpholine rings is 1. The van der Waals surface area contributed by atoms with Gasteiger partial charge < -0.3 is 19.9 Å². The van der Waals surface area contributed by atoms with Crippen LogP contribution in [0, 0.1) is 5.41 Å². The number of nitrogens with one attached hydrogen (secondary N) is 1. The second-order valence-electron chi connectivity index (χ2n) is 7.85. The zero-order chi connectivity index (χ0) is 18.7. The second-order valence-corrected chi connectivity index (χ2v) is 7.85. The molecule has 0 bridgehead atoms. The van der Waals surface area contributed by atoms with Gasteiger partial charge in [0.1, 0.15) is 6.54 Å². The molecule has 3 amide bonds. The van der Waals surface area contributed by atoms with Crippen molar-refractivity contribution in [2.45, 2.75) is 12.8 Å². The van der Waals surface area contributed by atoms with Gasteiger partial charge >= 0.3 is 6.03 Å². The zero-order valence-corrected chi connectivity index (χ0v) is 15.7. The van der Waals surface area contributed by atoms with Gasteiger partial charge in [0.05, 0.1) is 13.2 Å². The van der Waals surface area contributed by atoms with Crippen LogP contribution in [0.2, 0.25) is 0 Å². The number of hydrogen-bond acceptors (Lipinski definition) is 4. The van der Waals surface area contributed by atoms with Crippen molar-refractivity contribution in [3.05, 3.63) is 30.3 Å². The van der Waals surface area contributed by atoms with E-state index in [2.05, 4.69) is 10.2 Å². The number of para-hydroxylation sites is 1. The molecule has 7 heteroatoms. The molecule has 7 nitrogen and oxygen atoms in total. The van der Waals surface area contributed by atoms with Gasteiger partial charge in [-0.15, -0.1) is 0 Å². The normalized spacial score (nSPS) is 22.6. The van der Waals surface area contributed by atoms with Crippen LogP contribution in [0.25, 0.3) is 0 Å². The molecule has 1 N–H and O–H groups in total. The van der Waals surface area contributed by atoms with E-state index in [1.165, 1.54) is 0 Å². The van der Waals surface area contributed by atoms with Crippen LogP contribution in [0.15, 0.2) is 30.3 Å². The summed E-state index contributed by atoms with van der Waals surface area (Å²) in [5.41, 5.74) is 1.10. The molecule has 1 aromatic carbocycles. The summed E-state index contributed by atoms with van der Waals surface area (Å²) >= 11 is 0. The van der Waals surface area contributed by atoms with Crippen LogP contribution >= 0.6 is 0 Å². The van der Waals surface area contributed by atoms with Crippen LogP contribution in [0.3, 0.4) is 0 Å². The van der Waals surface area contributed by atoms with Crippen molar-refractivity contribution in [1.29, 1.82) is 0 Å². The standard InChI is InChI=1S/C20H28N4O3/c25-18-14-23(8-9-24(18)17-4-2-1-3-5-17)19(26)21-15-20(6-7-20)16-22-10-12-27-13-11-22/h1-5H,6-16H2,(H,21,26). The Morgan fingerprint density at radius 1 is 1.07 bits per heavy atom. The average Bonchev–Trinajstić information content (AvgIpc) is 3.47. The molecule has 2 aliphatic heterocycles. The molecule has 0 unspecified atom stereocenters. The fourth-order valence-electron chi connectivity index (χ4n) is 3.90.